The Labute approximate surface area is 184 Å². The Hall–Kier alpha value is -2.71. The van der Waals surface area contributed by atoms with E-state index in [2.05, 4.69) is 15.5 Å². The number of benzene rings is 2. The Bertz CT molecular complexity index is 1030. The molecule has 1 aromatic heterocycles. The second-order valence-electron chi connectivity index (χ2n) is 6.69. The van der Waals surface area contributed by atoms with Gasteiger partial charge in [-0.25, -0.2) is 0 Å². The molecule has 0 aliphatic carbocycles. The highest BCUT2D eigenvalue weighted by Crippen LogP contribution is 2.26. The third-order valence-electron chi connectivity index (χ3n) is 4.39. The summed E-state index contributed by atoms with van der Waals surface area (Å²) >= 11 is 7.50. The second-order valence-corrected chi connectivity index (χ2v) is 8.01. The summed E-state index contributed by atoms with van der Waals surface area (Å²) in [6.07, 6.45) is 0. The third kappa shape index (κ3) is 5.46. The number of aryl methyl sites for hydroxylation is 2. The summed E-state index contributed by atoms with van der Waals surface area (Å²) in [5.41, 5.74) is 2.60. The van der Waals surface area contributed by atoms with E-state index in [1.165, 1.54) is 11.8 Å². The van der Waals surface area contributed by atoms with Gasteiger partial charge < -0.3 is 19.4 Å². The maximum atomic E-state index is 12.2. The van der Waals surface area contributed by atoms with Gasteiger partial charge in [0.25, 0.3) is 0 Å². The first-order valence-corrected chi connectivity index (χ1v) is 10.6. The van der Waals surface area contributed by atoms with Crippen LogP contribution in [0.15, 0.2) is 41.6 Å². The summed E-state index contributed by atoms with van der Waals surface area (Å²) in [7, 11) is 3.43. The highest BCUT2D eigenvalue weighted by Gasteiger charge is 2.13. The highest BCUT2D eigenvalue weighted by molar-refractivity contribution is 7.99. The van der Waals surface area contributed by atoms with Crippen molar-refractivity contribution in [1.29, 1.82) is 0 Å². The van der Waals surface area contributed by atoms with Crippen molar-refractivity contribution < 1.29 is 14.3 Å². The fourth-order valence-electron chi connectivity index (χ4n) is 2.76. The number of nitrogens with zero attached hydrogens (tertiary/aromatic N) is 3. The van der Waals surface area contributed by atoms with E-state index < -0.39 is 0 Å². The van der Waals surface area contributed by atoms with Crippen molar-refractivity contribution in [2.75, 3.05) is 18.2 Å². The fourth-order valence-corrected chi connectivity index (χ4v) is 3.60. The zero-order chi connectivity index (χ0) is 21.7. The molecule has 3 aromatic rings. The van der Waals surface area contributed by atoms with E-state index in [4.69, 9.17) is 21.1 Å². The van der Waals surface area contributed by atoms with Gasteiger partial charge in [-0.2, -0.15) is 0 Å². The lowest BCUT2D eigenvalue weighted by Gasteiger charge is -2.10. The van der Waals surface area contributed by atoms with Gasteiger partial charge >= 0.3 is 0 Å². The van der Waals surface area contributed by atoms with E-state index in [1.807, 2.05) is 55.8 Å². The first-order chi connectivity index (χ1) is 14.4. The van der Waals surface area contributed by atoms with Gasteiger partial charge in [-0.15, -0.1) is 10.2 Å². The molecule has 0 fully saturated rings. The molecular formula is C21H23ClN4O3S. The van der Waals surface area contributed by atoms with Gasteiger partial charge in [0, 0.05) is 23.8 Å². The van der Waals surface area contributed by atoms with Gasteiger partial charge in [-0.05, 0) is 49.2 Å². The van der Waals surface area contributed by atoms with E-state index in [0.29, 0.717) is 22.4 Å². The summed E-state index contributed by atoms with van der Waals surface area (Å²) in [5, 5.41) is 12.6. The van der Waals surface area contributed by atoms with Crippen LogP contribution in [0.3, 0.4) is 0 Å². The SMILES string of the molecule is COc1cccc(NC(=O)CSc2nnc(COc3cc(C)c(Cl)c(C)c3)n2C)c1. The summed E-state index contributed by atoms with van der Waals surface area (Å²) in [6.45, 7) is 4.15. The number of anilines is 1. The number of halogens is 1. The Morgan fingerprint density at radius 1 is 1.17 bits per heavy atom. The van der Waals surface area contributed by atoms with Crippen LogP contribution in [0, 0.1) is 13.8 Å². The van der Waals surface area contributed by atoms with Crippen molar-refractivity contribution in [3.63, 3.8) is 0 Å². The smallest absolute Gasteiger partial charge is 0.234 e. The van der Waals surface area contributed by atoms with Crippen LogP contribution in [0.4, 0.5) is 5.69 Å². The molecule has 3 rings (SSSR count). The number of thioether (sulfide) groups is 1. The van der Waals surface area contributed by atoms with Gasteiger partial charge in [0.05, 0.1) is 12.9 Å². The van der Waals surface area contributed by atoms with Crippen molar-refractivity contribution in [2.24, 2.45) is 7.05 Å². The molecule has 1 amide bonds. The summed E-state index contributed by atoms with van der Waals surface area (Å²) in [6, 6.07) is 11.0. The minimum absolute atomic E-state index is 0.138. The summed E-state index contributed by atoms with van der Waals surface area (Å²) in [5.74, 6) is 2.14. The van der Waals surface area contributed by atoms with E-state index in [1.54, 1.807) is 13.2 Å². The number of hydrogen-bond acceptors (Lipinski definition) is 6. The molecule has 0 radical (unpaired) electrons. The van der Waals surface area contributed by atoms with Gasteiger partial charge in [0.15, 0.2) is 11.0 Å². The van der Waals surface area contributed by atoms with Gasteiger partial charge in [0.2, 0.25) is 5.91 Å². The molecular weight excluding hydrogens is 424 g/mol. The lowest BCUT2D eigenvalue weighted by Crippen LogP contribution is -2.14. The van der Waals surface area contributed by atoms with Crippen molar-refractivity contribution in [1.82, 2.24) is 14.8 Å². The molecule has 0 aliphatic rings. The van der Waals surface area contributed by atoms with Crippen LogP contribution in [0.1, 0.15) is 17.0 Å². The average Bonchev–Trinajstić information content (AvgIpc) is 3.08. The van der Waals surface area contributed by atoms with Crippen molar-refractivity contribution in [3.05, 3.63) is 58.4 Å². The molecule has 30 heavy (non-hydrogen) atoms. The fraction of sp³-hybridized carbons (Fsp3) is 0.286. The minimum Gasteiger partial charge on any atom is -0.497 e. The molecule has 0 aliphatic heterocycles. The molecule has 7 nitrogen and oxygen atoms in total. The zero-order valence-electron chi connectivity index (χ0n) is 17.2. The Morgan fingerprint density at radius 3 is 2.60 bits per heavy atom. The van der Waals surface area contributed by atoms with E-state index in [0.717, 1.165) is 21.9 Å². The van der Waals surface area contributed by atoms with E-state index >= 15 is 0 Å². The number of aromatic nitrogens is 3. The molecule has 0 saturated heterocycles. The molecule has 0 saturated carbocycles. The van der Waals surface area contributed by atoms with Gasteiger partial charge in [-0.3, -0.25) is 4.79 Å². The predicted octanol–water partition coefficient (Wildman–Crippen LogP) is 4.40. The van der Waals surface area contributed by atoms with Crippen LogP contribution in [-0.4, -0.2) is 33.5 Å². The van der Waals surface area contributed by atoms with Crippen molar-refractivity contribution in [2.45, 2.75) is 25.6 Å². The van der Waals surface area contributed by atoms with Crippen molar-refractivity contribution in [3.8, 4) is 11.5 Å². The molecule has 2 aromatic carbocycles. The first-order valence-electron chi connectivity index (χ1n) is 9.22. The molecule has 0 unspecified atom stereocenters. The van der Waals surface area contributed by atoms with Crippen molar-refractivity contribution >= 4 is 35.0 Å². The molecule has 0 bridgehead atoms. The number of carbonyl (C=O) groups excluding carboxylic acids is 1. The number of ether oxygens (including phenoxy) is 2. The monoisotopic (exact) mass is 446 g/mol. The molecule has 9 heteroatoms. The quantitative estimate of drug-likeness (QED) is 0.516. The summed E-state index contributed by atoms with van der Waals surface area (Å²) in [4.78, 5) is 12.2. The minimum atomic E-state index is -0.138. The molecule has 0 atom stereocenters. The van der Waals surface area contributed by atoms with Crippen LogP contribution >= 0.6 is 23.4 Å². The Morgan fingerprint density at radius 2 is 1.90 bits per heavy atom. The number of hydrogen-bond donors (Lipinski definition) is 1. The van der Waals surface area contributed by atoms with Crippen LogP contribution in [0.2, 0.25) is 5.02 Å². The van der Waals surface area contributed by atoms with Crippen LogP contribution in [0.5, 0.6) is 11.5 Å². The lowest BCUT2D eigenvalue weighted by molar-refractivity contribution is -0.113. The molecule has 1 N–H and O–H groups in total. The predicted molar refractivity (Wildman–Crippen MR) is 119 cm³/mol. The second kappa shape index (κ2) is 9.86. The number of carbonyl (C=O) groups is 1. The zero-order valence-corrected chi connectivity index (χ0v) is 18.8. The Kier molecular flexibility index (Phi) is 7.23. The standard InChI is InChI=1S/C21H23ClN4O3S/c1-13-8-17(9-14(2)20(13)22)29-11-18-24-25-21(26(18)3)30-12-19(27)23-15-6-5-7-16(10-15)28-4/h5-10H,11-12H2,1-4H3,(H,23,27). The number of amides is 1. The van der Waals surface area contributed by atoms with Gasteiger partial charge in [-0.1, -0.05) is 29.4 Å². The maximum Gasteiger partial charge on any atom is 0.234 e. The highest BCUT2D eigenvalue weighted by atomic mass is 35.5. The number of rotatable bonds is 8. The first kappa shape index (κ1) is 22.0. The van der Waals surface area contributed by atoms with Crippen LogP contribution < -0.4 is 14.8 Å². The Balaban J connectivity index is 1.55. The third-order valence-corrected chi connectivity index (χ3v) is 6.01. The van der Waals surface area contributed by atoms with Crippen LogP contribution in [0.25, 0.3) is 0 Å². The average molecular weight is 447 g/mol. The molecule has 158 valence electrons. The van der Waals surface area contributed by atoms with Crippen LogP contribution in [-0.2, 0) is 18.4 Å². The normalized spacial score (nSPS) is 10.7. The molecule has 1 heterocycles. The number of methoxy groups -OCH3 is 1. The van der Waals surface area contributed by atoms with Gasteiger partial charge in [0.1, 0.15) is 18.1 Å². The number of nitrogens with one attached hydrogen (secondary N) is 1. The summed E-state index contributed by atoms with van der Waals surface area (Å²) < 4.78 is 12.8. The molecule has 0 spiro atoms. The van der Waals surface area contributed by atoms with E-state index in [9.17, 15) is 4.79 Å². The maximum absolute atomic E-state index is 12.2. The van der Waals surface area contributed by atoms with E-state index in [-0.39, 0.29) is 18.3 Å². The lowest BCUT2D eigenvalue weighted by atomic mass is 10.1. The largest absolute Gasteiger partial charge is 0.497 e. The topological polar surface area (TPSA) is 78.3 Å².